The van der Waals surface area contributed by atoms with E-state index in [2.05, 4.69) is 22.2 Å². The predicted molar refractivity (Wildman–Crippen MR) is 71.6 cm³/mol. The Morgan fingerprint density at radius 3 is 2.63 bits per heavy atom. The summed E-state index contributed by atoms with van der Waals surface area (Å²) in [6.07, 6.45) is 8.40. The molecule has 1 aliphatic carbocycles. The molecule has 0 radical (unpaired) electrons. The molecule has 19 heavy (non-hydrogen) atoms. The van der Waals surface area contributed by atoms with E-state index in [0.29, 0.717) is 25.4 Å². The number of carbonyl (C=O) groups excluding carboxylic acids is 2. The lowest BCUT2D eigenvalue weighted by Crippen LogP contribution is -2.46. The maximum absolute atomic E-state index is 11.9. The van der Waals surface area contributed by atoms with Gasteiger partial charge < -0.3 is 15.0 Å². The molecule has 1 aliphatic heterocycles. The Labute approximate surface area is 114 Å². The summed E-state index contributed by atoms with van der Waals surface area (Å²) in [5.74, 6) is 0.545. The number of hydrogen-bond acceptors (Lipinski definition) is 3. The Morgan fingerprint density at radius 2 is 2.05 bits per heavy atom. The molecule has 1 saturated heterocycles. The van der Waals surface area contributed by atoms with Crippen molar-refractivity contribution in [3.63, 3.8) is 0 Å². The maximum Gasteiger partial charge on any atom is 0.409 e. The van der Waals surface area contributed by atoms with Crippen LogP contribution in [0.2, 0.25) is 0 Å². The molecule has 1 heterocycles. The highest BCUT2D eigenvalue weighted by atomic mass is 16.5. The van der Waals surface area contributed by atoms with Crippen LogP contribution in [0.15, 0.2) is 12.2 Å². The van der Waals surface area contributed by atoms with Crippen LogP contribution in [0.1, 0.15) is 32.1 Å². The van der Waals surface area contributed by atoms with Gasteiger partial charge in [-0.2, -0.15) is 0 Å². The topological polar surface area (TPSA) is 58.6 Å². The van der Waals surface area contributed by atoms with Gasteiger partial charge in [0.15, 0.2) is 0 Å². The minimum absolute atomic E-state index is 0.132. The average molecular weight is 266 g/mol. The van der Waals surface area contributed by atoms with E-state index in [1.807, 2.05) is 0 Å². The number of rotatable bonds is 3. The molecule has 2 aliphatic rings. The first-order chi connectivity index (χ1) is 9.19. The zero-order valence-corrected chi connectivity index (χ0v) is 11.4. The highest BCUT2D eigenvalue weighted by Gasteiger charge is 2.24. The van der Waals surface area contributed by atoms with Gasteiger partial charge in [0.2, 0.25) is 5.91 Å². The summed E-state index contributed by atoms with van der Waals surface area (Å²) in [5, 5.41) is 3.07. The van der Waals surface area contributed by atoms with Crippen LogP contribution in [-0.2, 0) is 9.53 Å². The molecule has 0 bridgehead atoms. The molecule has 5 heteroatoms. The van der Waals surface area contributed by atoms with Crippen molar-refractivity contribution in [2.24, 2.45) is 5.92 Å². The van der Waals surface area contributed by atoms with Gasteiger partial charge in [0.1, 0.15) is 0 Å². The average Bonchev–Trinajstić information content (AvgIpc) is 2.91. The minimum atomic E-state index is -0.277. The molecule has 106 valence electrons. The number of amides is 2. The monoisotopic (exact) mass is 266 g/mol. The van der Waals surface area contributed by atoms with Gasteiger partial charge in [-0.15, -0.1) is 0 Å². The Kier molecular flexibility index (Phi) is 4.82. The van der Waals surface area contributed by atoms with Gasteiger partial charge in [-0.05, 0) is 31.6 Å². The van der Waals surface area contributed by atoms with E-state index in [-0.39, 0.29) is 18.0 Å². The number of carbonyl (C=O) groups is 2. The largest absolute Gasteiger partial charge is 0.453 e. The molecule has 0 aromatic heterocycles. The fourth-order valence-electron chi connectivity index (χ4n) is 2.73. The van der Waals surface area contributed by atoms with Gasteiger partial charge in [-0.3, -0.25) is 4.79 Å². The first-order valence-electron chi connectivity index (χ1n) is 6.98. The number of methoxy groups -OCH3 is 1. The maximum atomic E-state index is 11.9. The number of nitrogens with one attached hydrogen (secondary N) is 1. The highest BCUT2D eigenvalue weighted by Crippen LogP contribution is 2.20. The lowest BCUT2D eigenvalue weighted by molar-refractivity contribution is -0.122. The molecule has 1 unspecified atom stereocenters. The first-order valence-corrected chi connectivity index (χ1v) is 6.98. The molecule has 0 saturated carbocycles. The third-order valence-corrected chi connectivity index (χ3v) is 3.85. The normalized spacial score (nSPS) is 23.4. The SMILES string of the molecule is COC(=O)N1CCC(NC(=O)CC2C=CCC2)CC1. The Balaban J connectivity index is 1.68. The number of piperidine rings is 1. The van der Waals surface area contributed by atoms with E-state index in [0.717, 1.165) is 25.7 Å². The molecular weight excluding hydrogens is 244 g/mol. The van der Waals surface area contributed by atoms with Crippen LogP contribution in [0.3, 0.4) is 0 Å². The molecule has 1 atom stereocenters. The van der Waals surface area contributed by atoms with Crippen molar-refractivity contribution in [2.75, 3.05) is 20.2 Å². The van der Waals surface area contributed by atoms with Gasteiger partial charge >= 0.3 is 6.09 Å². The van der Waals surface area contributed by atoms with E-state index in [1.54, 1.807) is 4.90 Å². The quantitative estimate of drug-likeness (QED) is 0.791. The lowest BCUT2D eigenvalue weighted by atomic mass is 10.0. The van der Waals surface area contributed by atoms with Gasteiger partial charge in [0.25, 0.3) is 0 Å². The van der Waals surface area contributed by atoms with Crippen LogP contribution in [0.4, 0.5) is 4.79 Å². The third kappa shape index (κ3) is 3.98. The molecule has 2 rings (SSSR count). The van der Waals surface area contributed by atoms with Crippen LogP contribution < -0.4 is 5.32 Å². The molecule has 0 aromatic rings. The number of nitrogens with zero attached hydrogens (tertiary/aromatic N) is 1. The minimum Gasteiger partial charge on any atom is -0.453 e. The first kappa shape index (κ1) is 13.9. The summed E-state index contributed by atoms with van der Waals surface area (Å²) < 4.78 is 4.69. The summed E-state index contributed by atoms with van der Waals surface area (Å²) in [6, 6.07) is 0.193. The van der Waals surface area contributed by atoms with Crippen LogP contribution in [0.25, 0.3) is 0 Å². The Morgan fingerprint density at radius 1 is 1.32 bits per heavy atom. The zero-order valence-electron chi connectivity index (χ0n) is 11.4. The van der Waals surface area contributed by atoms with Gasteiger partial charge in [-0.25, -0.2) is 4.79 Å². The Hall–Kier alpha value is -1.52. The van der Waals surface area contributed by atoms with Crippen LogP contribution in [-0.4, -0.2) is 43.1 Å². The summed E-state index contributed by atoms with van der Waals surface area (Å²) in [6.45, 7) is 1.31. The summed E-state index contributed by atoms with van der Waals surface area (Å²) in [4.78, 5) is 24.9. The van der Waals surface area contributed by atoms with Crippen molar-refractivity contribution in [3.8, 4) is 0 Å². The number of likely N-dealkylation sites (tertiary alicyclic amines) is 1. The molecule has 2 amide bonds. The van der Waals surface area contributed by atoms with Crippen molar-refractivity contribution >= 4 is 12.0 Å². The molecule has 0 aromatic carbocycles. The predicted octanol–water partition coefficient (Wildman–Crippen LogP) is 1.69. The number of hydrogen-bond donors (Lipinski definition) is 1. The fourth-order valence-corrected chi connectivity index (χ4v) is 2.73. The molecule has 1 N–H and O–H groups in total. The second-order valence-electron chi connectivity index (χ2n) is 5.27. The highest BCUT2D eigenvalue weighted by molar-refractivity contribution is 5.76. The number of ether oxygens (including phenoxy) is 1. The Bertz CT molecular complexity index is 360. The van der Waals surface area contributed by atoms with E-state index in [9.17, 15) is 9.59 Å². The van der Waals surface area contributed by atoms with Gasteiger partial charge in [-0.1, -0.05) is 12.2 Å². The van der Waals surface area contributed by atoms with Crippen molar-refractivity contribution in [1.82, 2.24) is 10.2 Å². The van der Waals surface area contributed by atoms with Crippen molar-refractivity contribution in [1.29, 1.82) is 0 Å². The standard InChI is InChI=1S/C14H22N2O3/c1-19-14(18)16-8-6-12(7-9-16)15-13(17)10-11-4-2-3-5-11/h2,4,11-12H,3,5-10H2,1H3,(H,15,17). The van der Waals surface area contributed by atoms with Crippen molar-refractivity contribution in [3.05, 3.63) is 12.2 Å². The van der Waals surface area contributed by atoms with Gasteiger partial charge in [0, 0.05) is 25.6 Å². The van der Waals surface area contributed by atoms with Crippen LogP contribution in [0.5, 0.6) is 0 Å². The third-order valence-electron chi connectivity index (χ3n) is 3.85. The number of allylic oxidation sites excluding steroid dienone is 2. The van der Waals surface area contributed by atoms with E-state index < -0.39 is 0 Å². The van der Waals surface area contributed by atoms with Crippen molar-refractivity contribution < 1.29 is 14.3 Å². The van der Waals surface area contributed by atoms with Crippen LogP contribution >= 0.6 is 0 Å². The second kappa shape index (κ2) is 6.59. The van der Waals surface area contributed by atoms with Crippen LogP contribution in [0, 0.1) is 5.92 Å². The molecule has 5 nitrogen and oxygen atoms in total. The molecule has 1 fully saturated rings. The van der Waals surface area contributed by atoms with E-state index in [1.165, 1.54) is 7.11 Å². The lowest BCUT2D eigenvalue weighted by Gasteiger charge is -2.31. The zero-order chi connectivity index (χ0) is 13.7. The van der Waals surface area contributed by atoms with Gasteiger partial charge in [0.05, 0.1) is 7.11 Å². The van der Waals surface area contributed by atoms with Crippen molar-refractivity contribution in [2.45, 2.75) is 38.1 Å². The second-order valence-corrected chi connectivity index (χ2v) is 5.27. The van der Waals surface area contributed by atoms with E-state index in [4.69, 9.17) is 0 Å². The summed E-state index contributed by atoms with van der Waals surface area (Å²) in [5.41, 5.74) is 0. The summed E-state index contributed by atoms with van der Waals surface area (Å²) >= 11 is 0. The fraction of sp³-hybridized carbons (Fsp3) is 0.714. The molecule has 0 spiro atoms. The smallest absolute Gasteiger partial charge is 0.409 e. The van der Waals surface area contributed by atoms with E-state index >= 15 is 0 Å². The summed E-state index contributed by atoms with van der Waals surface area (Å²) in [7, 11) is 1.39. The molecular formula is C14H22N2O3.